The summed E-state index contributed by atoms with van der Waals surface area (Å²) < 4.78 is 23.2. The van der Waals surface area contributed by atoms with E-state index in [2.05, 4.69) is 5.32 Å². The molecule has 1 aliphatic heterocycles. The van der Waals surface area contributed by atoms with Crippen LogP contribution in [-0.2, 0) is 9.84 Å². The zero-order valence-corrected chi connectivity index (χ0v) is 13.5. The molecule has 1 aromatic carbocycles. The molecule has 0 radical (unpaired) electrons. The monoisotopic (exact) mass is 310 g/mol. The first-order valence-electron chi connectivity index (χ1n) is 7.16. The minimum Gasteiger partial charge on any atom is -0.385 e. The highest BCUT2D eigenvalue weighted by atomic mass is 32.2. The molecule has 1 atom stereocenters. The van der Waals surface area contributed by atoms with Crippen LogP contribution in [0.15, 0.2) is 18.2 Å². The number of benzene rings is 1. The Morgan fingerprint density at radius 1 is 1.43 bits per heavy atom. The molecule has 1 aliphatic rings. The lowest BCUT2D eigenvalue weighted by atomic mass is 10.1. The van der Waals surface area contributed by atoms with Crippen LogP contribution in [0.5, 0.6) is 0 Å². The van der Waals surface area contributed by atoms with Gasteiger partial charge in [0.2, 0.25) is 0 Å². The maximum Gasteiger partial charge on any atom is 0.255 e. The van der Waals surface area contributed by atoms with Crippen LogP contribution in [0.25, 0.3) is 0 Å². The van der Waals surface area contributed by atoms with Crippen LogP contribution >= 0.6 is 0 Å². The lowest BCUT2D eigenvalue weighted by molar-refractivity contribution is 0.0748. The minimum atomic E-state index is -2.99. The zero-order chi connectivity index (χ0) is 15.6. The number of carbonyl (C=O) groups is 1. The molecule has 5 nitrogen and oxygen atoms in total. The van der Waals surface area contributed by atoms with Gasteiger partial charge < -0.3 is 10.2 Å². The number of anilines is 1. The summed E-state index contributed by atoms with van der Waals surface area (Å²) in [6, 6.07) is 5.47. The first-order chi connectivity index (χ1) is 9.84. The lowest BCUT2D eigenvalue weighted by Crippen LogP contribution is -2.38. The second-order valence-electron chi connectivity index (χ2n) is 5.55. The Bertz CT molecular complexity index is 640. The van der Waals surface area contributed by atoms with Crippen molar-refractivity contribution < 1.29 is 13.2 Å². The van der Waals surface area contributed by atoms with Gasteiger partial charge in [0.25, 0.3) is 5.91 Å². The normalized spacial score (nSPS) is 20.2. The Balaban J connectivity index is 2.25. The molecule has 1 aromatic rings. The summed E-state index contributed by atoms with van der Waals surface area (Å²) in [4.78, 5) is 14.3. The van der Waals surface area contributed by atoms with Crippen molar-refractivity contribution in [3.63, 3.8) is 0 Å². The number of sulfone groups is 1. The summed E-state index contributed by atoms with van der Waals surface area (Å²) in [6.07, 6.45) is 0.521. The molecule has 0 spiro atoms. The third-order valence-electron chi connectivity index (χ3n) is 3.85. The number of carbonyl (C=O) groups excluding carboxylic acids is 1. The van der Waals surface area contributed by atoms with Gasteiger partial charge in [0, 0.05) is 25.3 Å². The van der Waals surface area contributed by atoms with Gasteiger partial charge in [-0.1, -0.05) is 11.6 Å². The molecule has 0 saturated carbocycles. The summed E-state index contributed by atoms with van der Waals surface area (Å²) in [5, 5.41) is 3.18. The van der Waals surface area contributed by atoms with E-state index in [1.807, 2.05) is 32.0 Å². The molecular formula is C15H22N2O3S. The first-order valence-corrected chi connectivity index (χ1v) is 8.98. The fraction of sp³-hybridized carbons (Fsp3) is 0.533. The van der Waals surface area contributed by atoms with Crippen LogP contribution < -0.4 is 5.32 Å². The topological polar surface area (TPSA) is 66.5 Å². The van der Waals surface area contributed by atoms with E-state index in [1.165, 1.54) is 0 Å². The molecule has 1 heterocycles. The van der Waals surface area contributed by atoms with Crippen molar-refractivity contribution in [3.05, 3.63) is 29.3 Å². The summed E-state index contributed by atoms with van der Waals surface area (Å²) >= 11 is 0. The van der Waals surface area contributed by atoms with Gasteiger partial charge in [-0.3, -0.25) is 4.79 Å². The number of hydrogen-bond acceptors (Lipinski definition) is 4. The van der Waals surface area contributed by atoms with Gasteiger partial charge in [0.1, 0.15) is 0 Å². The molecule has 0 aliphatic carbocycles. The lowest BCUT2D eigenvalue weighted by Gasteiger charge is -2.25. The molecule has 1 saturated heterocycles. The average Bonchev–Trinajstić information content (AvgIpc) is 2.79. The van der Waals surface area contributed by atoms with Crippen molar-refractivity contribution in [2.24, 2.45) is 0 Å². The van der Waals surface area contributed by atoms with Gasteiger partial charge in [0.15, 0.2) is 9.84 Å². The maximum absolute atomic E-state index is 12.7. The predicted molar refractivity (Wildman–Crippen MR) is 84.5 cm³/mol. The summed E-state index contributed by atoms with van der Waals surface area (Å²) in [7, 11) is -1.31. The Morgan fingerprint density at radius 2 is 2.14 bits per heavy atom. The van der Waals surface area contributed by atoms with E-state index in [0.29, 0.717) is 12.0 Å². The van der Waals surface area contributed by atoms with Crippen molar-refractivity contribution in [1.29, 1.82) is 0 Å². The Hall–Kier alpha value is -1.56. The molecule has 1 unspecified atom stereocenters. The highest BCUT2D eigenvalue weighted by Gasteiger charge is 2.33. The number of nitrogens with zero attached hydrogens (tertiary/aromatic N) is 1. The summed E-state index contributed by atoms with van der Waals surface area (Å²) in [6.45, 7) is 4.64. The fourth-order valence-electron chi connectivity index (χ4n) is 2.62. The number of amides is 1. The number of nitrogens with one attached hydrogen (secondary N) is 1. The molecule has 2 rings (SSSR count). The van der Waals surface area contributed by atoms with Crippen LogP contribution in [-0.4, -0.2) is 50.4 Å². The van der Waals surface area contributed by atoms with Crippen molar-refractivity contribution in [3.8, 4) is 0 Å². The third kappa shape index (κ3) is 3.56. The van der Waals surface area contributed by atoms with Gasteiger partial charge in [-0.25, -0.2) is 8.42 Å². The largest absolute Gasteiger partial charge is 0.385 e. The van der Waals surface area contributed by atoms with E-state index >= 15 is 0 Å². The predicted octanol–water partition coefficient (Wildman–Crippen LogP) is 1.69. The maximum atomic E-state index is 12.7. The molecule has 0 aromatic heterocycles. The van der Waals surface area contributed by atoms with Crippen molar-refractivity contribution >= 4 is 21.4 Å². The number of hydrogen-bond donors (Lipinski definition) is 1. The zero-order valence-electron chi connectivity index (χ0n) is 12.7. The Kier molecular flexibility index (Phi) is 4.56. The molecule has 116 valence electrons. The van der Waals surface area contributed by atoms with Gasteiger partial charge >= 0.3 is 0 Å². The quantitative estimate of drug-likeness (QED) is 0.919. The summed E-state index contributed by atoms with van der Waals surface area (Å²) in [5.41, 5.74) is 2.40. The standard InChI is InChI=1S/C15H22N2O3S/c1-4-16-14-6-5-11(2)9-13(14)15(18)17(3)12-7-8-21(19,20)10-12/h5-6,9,12,16H,4,7-8,10H2,1-3H3. The second-order valence-corrected chi connectivity index (χ2v) is 7.78. The van der Waals surface area contributed by atoms with Crippen molar-refractivity contribution in [2.45, 2.75) is 26.3 Å². The Labute approximate surface area is 126 Å². The highest BCUT2D eigenvalue weighted by Crippen LogP contribution is 2.23. The Morgan fingerprint density at radius 3 is 2.71 bits per heavy atom. The van der Waals surface area contributed by atoms with Gasteiger partial charge in [-0.2, -0.15) is 0 Å². The highest BCUT2D eigenvalue weighted by molar-refractivity contribution is 7.91. The van der Waals surface area contributed by atoms with E-state index in [4.69, 9.17) is 0 Å². The van der Waals surface area contributed by atoms with E-state index < -0.39 is 9.84 Å². The SMILES string of the molecule is CCNc1ccc(C)cc1C(=O)N(C)C1CCS(=O)(=O)C1. The van der Waals surface area contributed by atoms with Crippen molar-refractivity contribution in [2.75, 3.05) is 30.4 Å². The third-order valence-corrected chi connectivity index (χ3v) is 5.60. The number of rotatable bonds is 4. The second kappa shape index (κ2) is 6.05. The average molecular weight is 310 g/mol. The molecule has 0 bridgehead atoms. The van der Waals surface area contributed by atoms with Crippen LogP contribution in [0.1, 0.15) is 29.3 Å². The van der Waals surface area contributed by atoms with Gasteiger partial charge in [0.05, 0.1) is 17.1 Å². The molecule has 1 N–H and O–H groups in total. The smallest absolute Gasteiger partial charge is 0.255 e. The van der Waals surface area contributed by atoms with Crippen molar-refractivity contribution in [1.82, 2.24) is 4.90 Å². The van der Waals surface area contributed by atoms with Crippen LogP contribution in [0.4, 0.5) is 5.69 Å². The van der Waals surface area contributed by atoms with Crippen LogP contribution in [0.3, 0.4) is 0 Å². The molecular weight excluding hydrogens is 288 g/mol. The molecule has 21 heavy (non-hydrogen) atoms. The molecule has 6 heteroatoms. The summed E-state index contributed by atoms with van der Waals surface area (Å²) in [5.74, 6) is 0.109. The first kappa shape index (κ1) is 15.8. The van der Waals surface area contributed by atoms with Crippen LogP contribution in [0, 0.1) is 6.92 Å². The van der Waals surface area contributed by atoms with E-state index in [1.54, 1.807) is 11.9 Å². The minimum absolute atomic E-state index is 0.0671. The van der Waals surface area contributed by atoms with E-state index in [0.717, 1.165) is 17.8 Å². The number of aryl methyl sites for hydroxylation is 1. The van der Waals surface area contributed by atoms with E-state index in [-0.39, 0.29) is 23.5 Å². The molecule has 1 fully saturated rings. The van der Waals surface area contributed by atoms with Gasteiger partial charge in [-0.05, 0) is 32.4 Å². The van der Waals surface area contributed by atoms with E-state index in [9.17, 15) is 13.2 Å². The van der Waals surface area contributed by atoms with Crippen LogP contribution in [0.2, 0.25) is 0 Å². The van der Waals surface area contributed by atoms with Gasteiger partial charge in [-0.15, -0.1) is 0 Å². The fourth-order valence-corrected chi connectivity index (χ4v) is 4.39. The molecule has 1 amide bonds.